The molecule has 0 fully saturated rings. The van der Waals surface area contributed by atoms with Gasteiger partial charge in [-0.3, -0.25) is 19.1 Å². The summed E-state index contributed by atoms with van der Waals surface area (Å²) in [5.41, 5.74) is 0.470. The number of nitrogens with zero attached hydrogens (tertiary/aromatic N) is 2. The molecule has 0 radical (unpaired) electrons. The first-order valence-corrected chi connectivity index (χ1v) is 8.61. The van der Waals surface area contributed by atoms with E-state index in [0.29, 0.717) is 5.69 Å². The molecule has 1 aromatic heterocycles. The molecule has 0 spiro atoms. The number of carbonyl (C=O) groups is 3. The smallest absolute Gasteiger partial charge is 0.325 e. The summed E-state index contributed by atoms with van der Waals surface area (Å²) in [4.78, 5) is 34.5. The highest BCUT2D eigenvalue weighted by molar-refractivity contribution is 8.01. The first-order chi connectivity index (χ1) is 12.3. The normalized spacial score (nSPS) is 11.6. The van der Waals surface area contributed by atoms with Crippen LogP contribution < -0.4 is 10.6 Å². The fraction of sp³-hybridized carbons (Fsp3) is 0.250. The maximum Gasteiger partial charge on any atom is 0.325 e. The Bertz CT molecular complexity index is 794. The first kappa shape index (κ1) is 19.4. The number of aliphatic carboxylic acids is 1. The number of carboxylic acids is 1. The van der Waals surface area contributed by atoms with E-state index in [-0.39, 0.29) is 29.9 Å². The van der Waals surface area contributed by atoms with Gasteiger partial charge in [-0.15, -0.1) is 11.8 Å². The zero-order chi connectivity index (χ0) is 19.1. The van der Waals surface area contributed by atoms with Crippen molar-refractivity contribution in [1.29, 1.82) is 0 Å². The van der Waals surface area contributed by atoms with Crippen LogP contribution in [0, 0.1) is 5.82 Å². The summed E-state index contributed by atoms with van der Waals surface area (Å²) in [5.74, 6) is -1.83. The van der Waals surface area contributed by atoms with Gasteiger partial charge >= 0.3 is 5.97 Å². The highest BCUT2D eigenvalue weighted by atomic mass is 32.2. The lowest BCUT2D eigenvalue weighted by Crippen LogP contribution is -2.25. The van der Waals surface area contributed by atoms with Gasteiger partial charge in [-0.2, -0.15) is 5.10 Å². The molecule has 2 rings (SSSR count). The number of hydrogen-bond donors (Lipinski definition) is 3. The molecule has 8 nitrogen and oxygen atoms in total. The van der Waals surface area contributed by atoms with Gasteiger partial charge in [-0.25, -0.2) is 4.39 Å². The van der Waals surface area contributed by atoms with Gasteiger partial charge < -0.3 is 15.7 Å². The number of anilines is 2. The van der Waals surface area contributed by atoms with Crippen molar-refractivity contribution in [3.8, 4) is 0 Å². The van der Waals surface area contributed by atoms with Crippen LogP contribution in [0.3, 0.4) is 0 Å². The number of benzene rings is 1. The summed E-state index contributed by atoms with van der Waals surface area (Å²) in [6.45, 7) is 1.34. The topological polar surface area (TPSA) is 113 Å². The van der Waals surface area contributed by atoms with Crippen LogP contribution >= 0.6 is 11.8 Å². The van der Waals surface area contributed by atoms with Gasteiger partial charge in [-0.05, 0) is 31.2 Å². The molecule has 0 saturated carbocycles. The Morgan fingerprint density at radius 2 is 1.92 bits per heavy atom. The predicted octanol–water partition coefficient (Wildman–Crippen LogP) is 1.81. The van der Waals surface area contributed by atoms with E-state index in [1.165, 1.54) is 41.2 Å². The second-order valence-electron chi connectivity index (χ2n) is 5.29. The Balaban J connectivity index is 1.77. The van der Waals surface area contributed by atoms with Crippen molar-refractivity contribution < 1.29 is 23.9 Å². The molecule has 2 aromatic rings. The molecule has 0 bridgehead atoms. The van der Waals surface area contributed by atoms with Crippen molar-refractivity contribution in [3.05, 3.63) is 42.3 Å². The maximum atomic E-state index is 12.8. The van der Waals surface area contributed by atoms with Gasteiger partial charge in [0.2, 0.25) is 11.8 Å². The Morgan fingerprint density at radius 1 is 1.23 bits per heavy atom. The first-order valence-electron chi connectivity index (χ1n) is 7.56. The fourth-order valence-electron chi connectivity index (χ4n) is 1.89. The minimum Gasteiger partial charge on any atom is -0.480 e. The molecule has 0 aliphatic heterocycles. The van der Waals surface area contributed by atoms with Crippen LogP contribution in [0.15, 0.2) is 36.5 Å². The quantitative estimate of drug-likeness (QED) is 0.644. The molecule has 2 amide bonds. The number of halogens is 1. The zero-order valence-corrected chi connectivity index (χ0v) is 14.6. The lowest BCUT2D eigenvalue weighted by Gasteiger charge is -2.11. The summed E-state index contributed by atoms with van der Waals surface area (Å²) in [5, 5.41) is 17.2. The molecule has 1 aromatic carbocycles. The van der Waals surface area contributed by atoms with Crippen LogP contribution in [0.5, 0.6) is 0 Å². The van der Waals surface area contributed by atoms with Crippen molar-refractivity contribution in [2.45, 2.75) is 18.7 Å². The van der Waals surface area contributed by atoms with E-state index in [0.717, 1.165) is 11.8 Å². The number of carboxylic acid groups (broad SMARTS) is 1. The summed E-state index contributed by atoms with van der Waals surface area (Å²) in [7, 11) is 0. The van der Waals surface area contributed by atoms with Crippen molar-refractivity contribution in [1.82, 2.24) is 9.78 Å². The van der Waals surface area contributed by atoms with Gasteiger partial charge in [-0.1, -0.05) is 0 Å². The molecule has 10 heteroatoms. The molecule has 1 atom stereocenters. The highest BCUT2D eigenvalue weighted by Gasteiger charge is 2.16. The second-order valence-corrected chi connectivity index (χ2v) is 6.62. The molecule has 0 aliphatic rings. The number of thioether (sulfide) groups is 1. The second kappa shape index (κ2) is 8.99. The number of aromatic nitrogens is 2. The van der Waals surface area contributed by atoms with E-state index < -0.39 is 17.0 Å². The standard InChI is InChI=1S/C16H17FN4O4S/c1-10(16(25)19-13-6-7-21(20-13)8-15(23)24)26-9-14(22)18-12-4-2-11(17)3-5-12/h2-7,10H,8-9H2,1H3,(H,18,22)(H,23,24)(H,19,20,25). The number of hydrogen-bond acceptors (Lipinski definition) is 5. The van der Waals surface area contributed by atoms with Crippen LogP contribution in [0.4, 0.5) is 15.9 Å². The van der Waals surface area contributed by atoms with Crippen molar-refractivity contribution in [2.24, 2.45) is 0 Å². The number of carbonyl (C=O) groups excluding carboxylic acids is 2. The molecule has 3 N–H and O–H groups in total. The third-order valence-electron chi connectivity index (χ3n) is 3.15. The predicted molar refractivity (Wildman–Crippen MR) is 95.4 cm³/mol. The Morgan fingerprint density at radius 3 is 2.58 bits per heavy atom. The lowest BCUT2D eigenvalue weighted by atomic mass is 10.3. The summed E-state index contributed by atoms with van der Waals surface area (Å²) < 4.78 is 14.0. The Labute approximate surface area is 152 Å². The SMILES string of the molecule is CC(SCC(=O)Nc1ccc(F)cc1)C(=O)Nc1ccn(CC(=O)O)n1. The van der Waals surface area contributed by atoms with Gasteiger partial charge in [0.25, 0.3) is 0 Å². The molecule has 138 valence electrons. The molecule has 1 unspecified atom stereocenters. The maximum absolute atomic E-state index is 12.8. The van der Waals surface area contributed by atoms with Crippen LogP contribution in [0.2, 0.25) is 0 Å². The summed E-state index contributed by atoms with van der Waals surface area (Å²) >= 11 is 1.12. The van der Waals surface area contributed by atoms with Crippen molar-refractivity contribution in [3.63, 3.8) is 0 Å². The zero-order valence-electron chi connectivity index (χ0n) is 13.8. The number of nitrogens with one attached hydrogen (secondary N) is 2. The van der Waals surface area contributed by atoms with E-state index in [4.69, 9.17) is 5.11 Å². The molecule has 1 heterocycles. The van der Waals surface area contributed by atoms with Gasteiger partial charge in [0.15, 0.2) is 5.82 Å². The average molecular weight is 380 g/mol. The summed E-state index contributed by atoms with van der Waals surface area (Å²) in [6.07, 6.45) is 1.44. The fourth-order valence-corrected chi connectivity index (χ4v) is 2.57. The molecule has 26 heavy (non-hydrogen) atoms. The molecule has 0 saturated heterocycles. The lowest BCUT2D eigenvalue weighted by molar-refractivity contribution is -0.137. The van der Waals surface area contributed by atoms with Gasteiger partial charge in [0.1, 0.15) is 12.4 Å². The highest BCUT2D eigenvalue weighted by Crippen LogP contribution is 2.15. The van der Waals surface area contributed by atoms with Crippen LogP contribution in [-0.2, 0) is 20.9 Å². The Kier molecular flexibility index (Phi) is 6.73. The number of rotatable bonds is 8. The van der Waals surface area contributed by atoms with Gasteiger partial charge in [0, 0.05) is 18.0 Å². The van der Waals surface area contributed by atoms with E-state index in [1.54, 1.807) is 6.92 Å². The third kappa shape index (κ3) is 6.20. The van der Waals surface area contributed by atoms with Crippen LogP contribution in [-0.4, -0.2) is 43.7 Å². The van der Waals surface area contributed by atoms with Crippen molar-refractivity contribution in [2.75, 3.05) is 16.4 Å². The summed E-state index contributed by atoms with van der Waals surface area (Å²) in [6, 6.07) is 6.85. The molecule has 0 aliphatic carbocycles. The van der Waals surface area contributed by atoms with Crippen LogP contribution in [0.1, 0.15) is 6.92 Å². The van der Waals surface area contributed by atoms with E-state index in [1.807, 2.05) is 0 Å². The van der Waals surface area contributed by atoms with E-state index >= 15 is 0 Å². The minimum absolute atomic E-state index is 0.0411. The molecular weight excluding hydrogens is 363 g/mol. The number of amides is 2. The average Bonchev–Trinajstić information content (AvgIpc) is 3.00. The third-order valence-corrected chi connectivity index (χ3v) is 4.29. The van der Waals surface area contributed by atoms with Crippen molar-refractivity contribution >= 4 is 41.1 Å². The van der Waals surface area contributed by atoms with E-state index in [9.17, 15) is 18.8 Å². The monoisotopic (exact) mass is 380 g/mol. The van der Waals surface area contributed by atoms with Crippen LogP contribution in [0.25, 0.3) is 0 Å². The van der Waals surface area contributed by atoms with Gasteiger partial charge in [0.05, 0.1) is 11.0 Å². The molecular formula is C16H17FN4O4S. The Hall–Kier alpha value is -2.88. The van der Waals surface area contributed by atoms with E-state index in [2.05, 4.69) is 15.7 Å². The largest absolute Gasteiger partial charge is 0.480 e. The minimum atomic E-state index is -1.04.